The van der Waals surface area contributed by atoms with E-state index < -0.39 is 0 Å². The number of ketones is 1. The van der Waals surface area contributed by atoms with Crippen molar-refractivity contribution in [3.63, 3.8) is 0 Å². The Labute approximate surface area is 89.7 Å². The smallest absolute Gasteiger partial charge is 0.167 e. The van der Waals surface area contributed by atoms with Gasteiger partial charge in [0.15, 0.2) is 5.78 Å². The molecule has 1 aromatic heterocycles. The van der Waals surface area contributed by atoms with Gasteiger partial charge in [-0.1, -0.05) is 6.42 Å². The van der Waals surface area contributed by atoms with Crippen LogP contribution in [-0.2, 0) is 0 Å². The maximum absolute atomic E-state index is 12.1. The van der Waals surface area contributed by atoms with E-state index in [0.717, 1.165) is 24.8 Å². The summed E-state index contributed by atoms with van der Waals surface area (Å²) in [6, 6.07) is 3.64. The monoisotopic (exact) mass is 204 g/mol. The van der Waals surface area contributed by atoms with Crippen LogP contribution in [-0.4, -0.2) is 17.3 Å². The number of Topliss-reactive ketones (excluding diaryl/α,β-unsaturated/α-hetero) is 1. The number of carbonyl (C=O) groups is 1. The predicted molar refractivity (Wildman–Crippen MR) is 58.5 cm³/mol. The van der Waals surface area contributed by atoms with E-state index in [2.05, 4.69) is 4.98 Å². The first-order valence-electron chi connectivity index (χ1n) is 5.47. The van der Waals surface area contributed by atoms with Crippen molar-refractivity contribution < 1.29 is 4.79 Å². The number of carbonyl (C=O) groups excluding carboxylic acids is 1. The molecule has 2 atom stereocenters. The van der Waals surface area contributed by atoms with Crippen molar-refractivity contribution in [1.29, 1.82) is 0 Å². The lowest BCUT2D eigenvalue weighted by molar-refractivity contribution is 0.0893. The molecule has 0 aliphatic heterocycles. The second kappa shape index (κ2) is 4.53. The summed E-state index contributed by atoms with van der Waals surface area (Å²) < 4.78 is 0. The number of pyridine rings is 1. The highest BCUT2D eigenvalue weighted by atomic mass is 16.1. The molecule has 0 amide bonds. The minimum Gasteiger partial charge on any atom is -0.330 e. The van der Waals surface area contributed by atoms with Crippen molar-refractivity contribution in [2.75, 3.05) is 6.54 Å². The summed E-state index contributed by atoms with van der Waals surface area (Å²) in [5.41, 5.74) is 6.40. The van der Waals surface area contributed by atoms with E-state index in [0.29, 0.717) is 12.5 Å². The fourth-order valence-corrected chi connectivity index (χ4v) is 2.39. The largest absolute Gasteiger partial charge is 0.330 e. The van der Waals surface area contributed by atoms with Gasteiger partial charge in [-0.2, -0.15) is 0 Å². The lowest BCUT2D eigenvalue weighted by Gasteiger charge is -2.16. The van der Waals surface area contributed by atoms with Gasteiger partial charge in [0.2, 0.25) is 0 Å². The molecule has 1 saturated carbocycles. The third-order valence-corrected chi connectivity index (χ3v) is 3.24. The average molecular weight is 204 g/mol. The highest BCUT2D eigenvalue weighted by Crippen LogP contribution is 2.33. The molecule has 15 heavy (non-hydrogen) atoms. The van der Waals surface area contributed by atoms with Gasteiger partial charge in [-0.05, 0) is 37.4 Å². The van der Waals surface area contributed by atoms with Gasteiger partial charge in [0, 0.05) is 23.9 Å². The Hall–Kier alpha value is -1.22. The van der Waals surface area contributed by atoms with E-state index in [4.69, 9.17) is 5.73 Å². The molecule has 3 nitrogen and oxygen atoms in total. The van der Waals surface area contributed by atoms with E-state index in [1.165, 1.54) is 0 Å². The summed E-state index contributed by atoms with van der Waals surface area (Å²) in [7, 11) is 0. The number of hydrogen-bond donors (Lipinski definition) is 1. The van der Waals surface area contributed by atoms with Crippen LogP contribution in [0.5, 0.6) is 0 Å². The molecule has 80 valence electrons. The number of rotatable bonds is 3. The van der Waals surface area contributed by atoms with E-state index >= 15 is 0 Å². The molecule has 2 rings (SSSR count). The molecule has 1 heterocycles. The highest BCUT2D eigenvalue weighted by Gasteiger charge is 2.32. The van der Waals surface area contributed by atoms with Crippen LogP contribution in [0.25, 0.3) is 0 Å². The Bertz CT molecular complexity index is 337. The molecule has 0 unspecified atom stereocenters. The van der Waals surface area contributed by atoms with Crippen molar-refractivity contribution in [1.82, 2.24) is 4.98 Å². The fraction of sp³-hybridized carbons (Fsp3) is 0.500. The Morgan fingerprint density at radius 2 is 2.40 bits per heavy atom. The molecule has 0 bridgehead atoms. The Morgan fingerprint density at radius 3 is 3.07 bits per heavy atom. The molecule has 2 N–H and O–H groups in total. The van der Waals surface area contributed by atoms with Crippen LogP contribution in [0.3, 0.4) is 0 Å². The van der Waals surface area contributed by atoms with Gasteiger partial charge >= 0.3 is 0 Å². The molecular weight excluding hydrogens is 188 g/mol. The van der Waals surface area contributed by atoms with E-state index in [-0.39, 0.29) is 11.7 Å². The number of hydrogen-bond acceptors (Lipinski definition) is 3. The number of aromatic nitrogens is 1. The van der Waals surface area contributed by atoms with Gasteiger partial charge in [0.05, 0.1) is 0 Å². The van der Waals surface area contributed by atoms with E-state index in [1.54, 1.807) is 18.5 Å². The van der Waals surface area contributed by atoms with Crippen molar-refractivity contribution in [2.24, 2.45) is 17.6 Å². The summed E-state index contributed by atoms with van der Waals surface area (Å²) in [6.45, 7) is 0.622. The van der Waals surface area contributed by atoms with Crippen LogP contribution in [0.1, 0.15) is 29.6 Å². The highest BCUT2D eigenvalue weighted by molar-refractivity contribution is 5.97. The summed E-state index contributed by atoms with van der Waals surface area (Å²) in [4.78, 5) is 16.1. The molecule has 0 aromatic carbocycles. The number of nitrogens with zero attached hydrogens (tertiary/aromatic N) is 1. The van der Waals surface area contributed by atoms with Gasteiger partial charge in [-0.3, -0.25) is 9.78 Å². The van der Waals surface area contributed by atoms with Gasteiger partial charge < -0.3 is 5.73 Å². The van der Waals surface area contributed by atoms with Gasteiger partial charge in [0.1, 0.15) is 0 Å². The topological polar surface area (TPSA) is 56.0 Å². The Morgan fingerprint density at radius 1 is 1.53 bits per heavy atom. The van der Waals surface area contributed by atoms with Gasteiger partial charge in [-0.15, -0.1) is 0 Å². The van der Waals surface area contributed by atoms with Gasteiger partial charge in [-0.25, -0.2) is 0 Å². The molecule has 0 spiro atoms. The maximum atomic E-state index is 12.1. The fourth-order valence-electron chi connectivity index (χ4n) is 2.39. The van der Waals surface area contributed by atoms with Gasteiger partial charge in [0.25, 0.3) is 0 Å². The molecule has 1 aliphatic rings. The first kappa shape index (κ1) is 10.3. The van der Waals surface area contributed by atoms with Crippen LogP contribution in [0, 0.1) is 11.8 Å². The first-order chi connectivity index (χ1) is 7.33. The van der Waals surface area contributed by atoms with Crippen LogP contribution in [0.15, 0.2) is 24.5 Å². The molecule has 1 fully saturated rings. The van der Waals surface area contributed by atoms with Crippen molar-refractivity contribution in [2.45, 2.75) is 19.3 Å². The zero-order valence-electron chi connectivity index (χ0n) is 8.73. The summed E-state index contributed by atoms with van der Waals surface area (Å²) in [6.07, 6.45) is 6.53. The zero-order chi connectivity index (χ0) is 10.7. The number of nitrogens with two attached hydrogens (primary N) is 1. The lowest BCUT2D eigenvalue weighted by Crippen LogP contribution is -2.25. The molecule has 0 radical (unpaired) electrons. The average Bonchev–Trinajstić information content (AvgIpc) is 2.77. The standard InChI is InChI=1S/C12H16N2O/c13-7-9-3-1-5-11(9)12(15)10-4-2-6-14-8-10/h2,4,6,8-9,11H,1,3,5,7,13H2/t9-,11-/m0/s1. The third-order valence-electron chi connectivity index (χ3n) is 3.24. The molecule has 1 aromatic rings. The van der Waals surface area contributed by atoms with Crippen molar-refractivity contribution in [3.05, 3.63) is 30.1 Å². The van der Waals surface area contributed by atoms with Crippen LogP contribution in [0.2, 0.25) is 0 Å². The van der Waals surface area contributed by atoms with E-state index in [9.17, 15) is 4.79 Å². The first-order valence-corrected chi connectivity index (χ1v) is 5.47. The van der Waals surface area contributed by atoms with Crippen molar-refractivity contribution >= 4 is 5.78 Å². The quantitative estimate of drug-likeness (QED) is 0.761. The lowest BCUT2D eigenvalue weighted by atomic mass is 9.89. The summed E-state index contributed by atoms with van der Waals surface area (Å²) in [5.74, 6) is 0.716. The Balaban J connectivity index is 2.14. The second-order valence-electron chi connectivity index (χ2n) is 4.14. The Kier molecular flexibility index (Phi) is 3.11. The summed E-state index contributed by atoms with van der Waals surface area (Å²) >= 11 is 0. The predicted octanol–water partition coefficient (Wildman–Crippen LogP) is 1.64. The van der Waals surface area contributed by atoms with Crippen LogP contribution >= 0.6 is 0 Å². The third kappa shape index (κ3) is 2.07. The van der Waals surface area contributed by atoms with Crippen LogP contribution < -0.4 is 5.73 Å². The molecular formula is C12H16N2O. The second-order valence-corrected chi connectivity index (χ2v) is 4.14. The minimum atomic E-state index is 0.124. The summed E-state index contributed by atoms with van der Waals surface area (Å²) in [5, 5.41) is 0. The maximum Gasteiger partial charge on any atom is 0.167 e. The normalized spacial score (nSPS) is 25.4. The molecule has 3 heteroatoms. The molecule has 1 aliphatic carbocycles. The molecule has 0 saturated heterocycles. The van der Waals surface area contributed by atoms with Crippen LogP contribution in [0.4, 0.5) is 0 Å². The zero-order valence-corrected chi connectivity index (χ0v) is 8.73. The SMILES string of the molecule is NC[C@@H]1CCC[C@@H]1C(=O)c1cccnc1. The van der Waals surface area contributed by atoms with Crippen molar-refractivity contribution in [3.8, 4) is 0 Å². The minimum absolute atomic E-state index is 0.124. The van der Waals surface area contributed by atoms with E-state index in [1.807, 2.05) is 6.07 Å².